The molecule has 0 spiro atoms. The fourth-order valence-electron chi connectivity index (χ4n) is 1.05. The van der Waals surface area contributed by atoms with E-state index in [0.29, 0.717) is 5.15 Å². The van der Waals surface area contributed by atoms with Gasteiger partial charge in [-0.1, -0.05) is 38.6 Å². The monoisotopic (exact) mass is 248 g/mol. The SMILES string of the molecule is Clc1c[s+](-c2ccccc2)[nH]n(Cl)[nH]1. The molecule has 0 radical (unpaired) electrons. The van der Waals surface area contributed by atoms with E-state index in [4.69, 9.17) is 23.4 Å². The Morgan fingerprint density at radius 3 is 2.57 bits per heavy atom. The van der Waals surface area contributed by atoms with Gasteiger partial charge in [-0.2, -0.15) is 0 Å². The third-order valence-corrected chi connectivity index (χ3v) is 3.82. The first-order valence-corrected chi connectivity index (χ1v) is 5.90. The maximum Gasteiger partial charge on any atom is 0.204 e. The number of nitrogens with one attached hydrogen (secondary N) is 2. The van der Waals surface area contributed by atoms with Crippen LogP contribution in [0.3, 0.4) is 0 Å². The fourth-order valence-corrected chi connectivity index (χ4v) is 2.98. The van der Waals surface area contributed by atoms with Crippen molar-refractivity contribution in [1.29, 1.82) is 0 Å². The molecule has 1 heterocycles. The molecule has 2 rings (SSSR count). The van der Waals surface area contributed by atoms with Gasteiger partial charge in [-0.05, 0) is 0 Å². The largest absolute Gasteiger partial charge is 0.250 e. The smallest absolute Gasteiger partial charge is 0.204 e. The minimum Gasteiger partial charge on any atom is -0.250 e. The average molecular weight is 249 g/mol. The second-order valence-electron chi connectivity index (χ2n) is 2.60. The van der Waals surface area contributed by atoms with E-state index < -0.39 is 0 Å². The topological polar surface area (TPSA) is 36.5 Å². The maximum atomic E-state index is 5.85. The maximum absolute atomic E-state index is 5.85. The lowest BCUT2D eigenvalue weighted by Crippen LogP contribution is -1.95. The van der Waals surface area contributed by atoms with E-state index in [-0.39, 0.29) is 10.7 Å². The Hall–Kier alpha value is -0.840. The molecule has 0 fully saturated rings. The van der Waals surface area contributed by atoms with Crippen molar-refractivity contribution in [3.05, 3.63) is 40.9 Å². The summed E-state index contributed by atoms with van der Waals surface area (Å²) in [5, 5.41) is 5.10. The molecule has 2 N–H and O–H groups in total. The van der Waals surface area contributed by atoms with Gasteiger partial charge < -0.3 is 0 Å². The molecule has 1 atom stereocenters. The van der Waals surface area contributed by atoms with E-state index in [2.05, 4.69) is 9.59 Å². The highest BCUT2D eigenvalue weighted by molar-refractivity contribution is 7.33. The van der Waals surface area contributed by atoms with Crippen molar-refractivity contribution < 1.29 is 0 Å². The summed E-state index contributed by atoms with van der Waals surface area (Å²) >= 11 is 11.6. The standard InChI is InChI=1S/C8H8Cl2N3S/c9-8-6-14(12-13(10)11-8)7-4-2-1-3-5-7/h1-6,11-12H/q+1. The van der Waals surface area contributed by atoms with Crippen molar-refractivity contribution >= 4 is 34.0 Å². The van der Waals surface area contributed by atoms with E-state index in [1.807, 2.05) is 35.7 Å². The van der Waals surface area contributed by atoms with Crippen molar-refractivity contribution in [1.82, 2.24) is 13.9 Å². The lowest BCUT2D eigenvalue weighted by molar-refractivity contribution is 0.832. The van der Waals surface area contributed by atoms with Gasteiger partial charge in [0.25, 0.3) is 0 Å². The Labute approximate surface area is 93.8 Å². The van der Waals surface area contributed by atoms with Crippen LogP contribution in [0.25, 0.3) is 4.90 Å². The average Bonchev–Trinajstić information content (AvgIpc) is 2.18. The van der Waals surface area contributed by atoms with E-state index in [1.54, 1.807) is 0 Å². The van der Waals surface area contributed by atoms with E-state index in [1.165, 1.54) is 4.32 Å². The number of aromatic nitrogens is 3. The summed E-state index contributed by atoms with van der Waals surface area (Å²) in [6, 6.07) is 9.97. The van der Waals surface area contributed by atoms with Crippen LogP contribution in [0.1, 0.15) is 0 Å². The number of benzene rings is 1. The zero-order valence-corrected chi connectivity index (χ0v) is 9.40. The molecule has 0 amide bonds. The zero-order valence-electron chi connectivity index (χ0n) is 7.08. The molecule has 0 aliphatic carbocycles. The van der Waals surface area contributed by atoms with Gasteiger partial charge >= 0.3 is 0 Å². The molecular formula is C8H8Cl2N3S+. The highest BCUT2D eigenvalue weighted by atomic mass is 35.5. The zero-order chi connectivity index (χ0) is 9.97. The second-order valence-corrected chi connectivity index (χ2v) is 4.91. The van der Waals surface area contributed by atoms with Gasteiger partial charge in [0.15, 0.2) is 5.15 Å². The summed E-state index contributed by atoms with van der Waals surface area (Å²) in [7, 11) is -0.281. The Balaban J connectivity index is 2.52. The Morgan fingerprint density at radius 1 is 1.21 bits per heavy atom. The van der Waals surface area contributed by atoms with Gasteiger partial charge in [0.2, 0.25) is 10.3 Å². The molecule has 1 aromatic heterocycles. The minimum atomic E-state index is -0.281. The lowest BCUT2D eigenvalue weighted by atomic mass is 10.4. The number of H-pyrrole nitrogens is 2. The molecule has 74 valence electrons. The Bertz CT molecular complexity index is 429. The summed E-state index contributed by atoms with van der Waals surface area (Å²) in [6.45, 7) is 0. The minimum absolute atomic E-state index is 0.281. The second kappa shape index (κ2) is 4.13. The molecular weight excluding hydrogens is 241 g/mol. The van der Waals surface area contributed by atoms with Gasteiger partial charge in [0, 0.05) is 12.1 Å². The summed E-state index contributed by atoms with van der Waals surface area (Å²) in [5.74, 6) is 0. The van der Waals surface area contributed by atoms with Gasteiger partial charge in [-0.15, -0.1) is 0 Å². The van der Waals surface area contributed by atoms with Crippen LogP contribution in [-0.4, -0.2) is 13.9 Å². The van der Waals surface area contributed by atoms with Crippen LogP contribution in [0.4, 0.5) is 0 Å². The van der Waals surface area contributed by atoms with Gasteiger partial charge in [-0.3, -0.25) is 5.10 Å². The number of halogens is 2. The van der Waals surface area contributed by atoms with Crippen molar-refractivity contribution in [2.45, 2.75) is 0 Å². The molecule has 0 bridgehead atoms. The number of nitrogens with zero attached hydrogens (tertiary/aromatic N) is 1. The predicted molar refractivity (Wildman–Crippen MR) is 60.8 cm³/mol. The summed E-state index contributed by atoms with van der Waals surface area (Å²) < 4.78 is 4.25. The Kier molecular flexibility index (Phi) is 2.86. The lowest BCUT2D eigenvalue weighted by Gasteiger charge is -1.96. The molecule has 0 saturated heterocycles. The van der Waals surface area contributed by atoms with Crippen LogP contribution >= 0.6 is 34.0 Å². The molecule has 2 aromatic rings. The number of hydrogen-bond donors (Lipinski definition) is 2. The normalized spacial score (nSPS) is 11.4. The van der Waals surface area contributed by atoms with Crippen LogP contribution in [0, 0.1) is 0 Å². The van der Waals surface area contributed by atoms with Gasteiger partial charge in [0.1, 0.15) is 10.7 Å². The van der Waals surface area contributed by atoms with Crippen molar-refractivity contribution in [3.8, 4) is 4.90 Å². The van der Waals surface area contributed by atoms with Crippen LogP contribution in [0.5, 0.6) is 0 Å². The number of aromatic amines is 2. The van der Waals surface area contributed by atoms with E-state index in [0.717, 1.165) is 4.90 Å². The first kappa shape index (κ1) is 9.71. The van der Waals surface area contributed by atoms with Crippen LogP contribution in [0.2, 0.25) is 5.15 Å². The first-order valence-electron chi connectivity index (χ1n) is 3.90. The molecule has 6 heteroatoms. The van der Waals surface area contributed by atoms with Crippen LogP contribution in [0.15, 0.2) is 35.7 Å². The molecule has 0 saturated carbocycles. The van der Waals surface area contributed by atoms with E-state index >= 15 is 0 Å². The molecule has 1 aromatic carbocycles. The summed E-state index contributed by atoms with van der Waals surface area (Å²) in [5.41, 5.74) is 0. The van der Waals surface area contributed by atoms with Crippen LogP contribution < -0.4 is 0 Å². The molecule has 3 nitrogen and oxygen atoms in total. The third-order valence-electron chi connectivity index (χ3n) is 1.60. The number of hydrogen-bond acceptors (Lipinski definition) is 0. The number of rotatable bonds is 1. The highest BCUT2D eigenvalue weighted by Crippen LogP contribution is 2.27. The Morgan fingerprint density at radius 2 is 1.93 bits per heavy atom. The molecule has 1 unspecified atom stereocenters. The van der Waals surface area contributed by atoms with Crippen molar-refractivity contribution in [2.24, 2.45) is 0 Å². The summed E-state index contributed by atoms with van der Waals surface area (Å²) in [4.78, 5) is 1.14. The molecule has 14 heavy (non-hydrogen) atoms. The molecule has 0 aliphatic heterocycles. The summed E-state index contributed by atoms with van der Waals surface area (Å²) in [6.07, 6.45) is 0. The quantitative estimate of drug-likeness (QED) is 0.723. The fraction of sp³-hybridized carbons (Fsp3) is 0. The molecule has 0 aliphatic rings. The van der Waals surface area contributed by atoms with Crippen LogP contribution in [-0.2, 0) is 0 Å². The highest BCUT2D eigenvalue weighted by Gasteiger charge is 2.09. The van der Waals surface area contributed by atoms with Crippen molar-refractivity contribution in [3.63, 3.8) is 0 Å². The van der Waals surface area contributed by atoms with E-state index in [9.17, 15) is 0 Å². The predicted octanol–water partition coefficient (Wildman–Crippen LogP) is 3.66. The van der Waals surface area contributed by atoms with Crippen molar-refractivity contribution in [2.75, 3.05) is 0 Å². The van der Waals surface area contributed by atoms with Gasteiger partial charge in [0.05, 0.1) is 11.8 Å². The third kappa shape index (κ3) is 2.15. The first-order chi connectivity index (χ1) is 6.75. The van der Waals surface area contributed by atoms with Gasteiger partial charge in [-0.25, -0.2) is 0 Å².